The number of amidine groups is 1. The molecular formula is C21H21FN4S. The highest BCUT2D eigenvalue weighted by molar-refractivity contribution is 7.23. The van der Waals surface area contributed by atoms with Gasteiger partial charge in [0.25, 0.3) is 0 Å². The van der Waals surface area contributed by atoms with E-state index in [9.17, 15) is 4.39 Å². The standard InChI is InChI=1S/C21H21FN4S/c1-13-3-6-18-15(11-13)19-20(26-9-7-25(2)8-10-26)23-16-5-4-14(22)12-17(16)24-21(19)27-18/h3-6,11-12,24H,7-10H2,1-2H3. The fraction of sp³-hybridized carbons (Fsp3) is 0.286. The molecule has 0 spiro atoms. The van der Waals surface area contributed by atoms with Gasteiger partial charge in [0.1, 0.15) is 16.7 Å². The lowest BCUT2D eigenvalue weighted by Crippen LogP contribution is -2.47. The van der Waals surface area contributed by atoms with Gasteiger partial charge in [0.05, 0.1) is 16.9 Å². The minimum absolute atomic E-state index is 0.252. The Morgan fingerprint density at radius 3 is 2.70 bits per heavy atom. The molecule has 2 aliphatic heterocycles. The Morgan fingerprint density at radius 2 is 1.89 bits per heavy atom. The van der Waals surface area contributed by atoms with Crippen LogP contribution in [0.15, 0.2) is 41.4 Å². The summed E-state index contributed by atoms with van der Waals surface area (Å²) in [5, 5.41) is 5.71. The molecule has 4 nitrogen and oxygen atoms in total. The Hall–Kier alpha value is -2.44. The highest BCUT2D eigenvalue weighted by Crippen LogP contribution is 2.43. The molecule has 1 aromatic heterocycles. The van der Waals surface area contributed by atoms with Crippen molar-refractivity contribution in [3.8, 4) is 0 Å². The van der Waals surface area contributed by atoms with Crippen molar-refractivity contribution in [2.24, 2.45) is 4.99 Å². The Balaban J connectivity index is 1.74. The molecule has 1 saturated heterocycles. The molecule has 3 aromatic rings. The molecule has 2 aromatic carbocycles. The molecule has 5 rings (SSSR count). The fourth-order valence-corrected chi connectivity index (χ4v) is 4.86. The normalized spacial score (nSPS) is 17.1. The topological polar surface area (TPSA) is 30.9 Å². The van der Waals surface area contributed by atoms with E-state index in [1.165, 1.54) is 27.8 Å². The predicted molar refractivity (Wildman–Crippen MR) is 112 cm³/mol. The smallest absolute Gasteiger partial charge is 0.140 e. The first-order valence-corrected chi connectivity index (χ1v) is 10.0. The summed E-state index contributed by atoms with van der Waals surface area (Å²) in [5.74, 6) is 0.741. The van der Waals surface area contributed by atoms with Crippen LogP contribution in [0.1, 0.15) is 11.1 Å². The van der Waals surface area contributed by atoms with Gasteiger partial charge in [-0.05, 0) is 44.3 Å². The number of rotatable bonds is 0. The summed E-state index contributed by atoms with van der Waals surface area (Å²) in [7, 11) is 2.15. The van der Waals surface area contributed by atoms with E-state index < -0.39 is 0 Å². The van der Waals surface area contributed by atoms with Gasteiger partial charge < -0.3 is 15.1 Å². The van der Waals surface area contributed by atoms with Gasteiger partial charge in [-0.2, -0.15) is 0 Å². The van der Waals surface area contributed by atoms with E-state index in [2.05, 4.69) is 47.3 Å². The minimum Gasteiger partial charge on any atom is -0.353 e. The number of nitrogens with zero attached hydrogens (tertiary/aromatic N) is 3. The molecule has 0 atom stereocenters. The molecular weight excluding hydrogens is 359 g/mol. The molecule has 2 aliphatic rings. The van der Waals surface area contributed by atoms with Crippen LogP contribution in [0.5, 0.6) is 0 Å². The maximum atomic E-state index is 13.9. The van der Waals surface area contributed by atoms with Crippen LogP contribution in [0, 0.1) is 12.7 Å². The van der Waals surface area contributed by atoms with Gasteiger partial charge in [-0.1, -0.05) is 11.6 Å². The van der Waals surface area contributed by atoms with Crippen LogP contribution in [0.2, 0.25) is 0 Å². The summed E-state index contributed by atoms with van der Waals surface area (Å²) in [4.78, 5) is 9.73. The first kappa shape index (κ1) is 16.7. The van der Waals surface area contributed by atoms with Crippen LogP contribution < -0.4 is 5.32 Å². The quantitative estimate of drug-likeness (QED) is 0.612. The summed E-state index contributed by atoms with van der Waals surface area (Å²) in [6, 6.07) is 11.3. The van der Waals surface area contributed by atoms with Crippen molar-refractivity contribution in [3.05, 3.63) is 53.3 Å². The second kappa shape index (κ2) is 6.32. The summed E-state index contributed by atoms with van der Waals surface area (Å²) in [5.41, 5.74) is 3.88. The molecule has 0 unspecified atom stereocenters. The molecule has 0 bridgehead atoms. The van der Waals surface area contributed by atoms with E-state index in [0.29, 0.717) is 0 Å². The summed E-state index contributed by atoms with van der Waals surface area (Å²) < 4.78 is 15.1. The third-order valence-electron chi connectivity index (χ3n) is 5.30. The molecule has 0 aliphatic carbocycles. The highest BCUT2D eigenvalue weighted by atomic mass is 32.1. The lowest BCUT2D eigenvalue weighted by Gasteiger charge is -2.34. The number of aryl methyl sites for hydroxylation is 1. The van der Waals surface area contributed by atoms with Gasteiger partial charge in [0, 0.05) is 36.3 Å². The van der Waals surface area contributed by atoms with Gasteiger partial charge in [0.2, 0.25) is 0 Å². The summed E-state index contributed by atoms with van der Waals surface area (Å²) >= 11 is 1.71. The van der Waals surface area contributed by atoms with E-state index in [4.69, 9.17) is 4.99 Å². The molecule has 1 fully saturated rings. The lowest BCUT2D eigenvalue weighted by molar-refractivity contribution is 0.216. The Morgan fingerprint density at radius 1 is 1.07 bits per heavy atom. The van der Waals surface area contributed by atoms with Crippen molar-refractivity contribution >= 4 is 43.6 Å². The molecule has 0 saturated carbocycles. The first-order chi connectivity index (χ1) is 13.1. The Bertz CT molecular complexity index is 1060. The number of anilines is 2. The number of aliphatic imine (C=N–C) groups is 1. The minimum atomic E-state index is -0.252. The zero-order valence-electron chi connectivity index (χ0n) is 15.4. The van der Waals surface area contributed by atoms with Crippen LogP contribution >= 0.6 is 11.3 Å². The van der Waals surface area contributed by atoms with E-state index in [1.807, 2.05) is 0 Å². The van der Waals surface area contributed by atoms with Crippen LogP contribution in [-0.4, -0.2) is 48.9 Å². The first-order valence-electron chi connectivity index (χ1n) is 9.21. The molecule has 0 amide bonds. The summed E-state index contributed by atoms with van der Waals surface area (Å²) in [6.07, 6.45) is 0. The third kappa shape index (κ3) is 2.89. The second-order valence-corrected chi connectivity index (χ2v) is 8.37. The predicted octanol–water partition coefficient (Wildman–Crippen LogP) is 4.73. The SMILES string of the molecule is Cc1ccc2sc3c(c2c1)C(N1CCN(C)CC1)=Nc1ccc(F)cc1N3. The number of likely N-dealkylation sites (N-methyl/N-ethyl adjacent to an activating group) is 1. The molecule has 138 valence electrons. The molecule has 6 heteroatoms. The maximum absolute atomic E-state index is 13.9. The average Bonchev–Trinajstić information content (AvgIpc) is 2.90. The fourth-order valence-electron chi connectivity index (χ4n) is 3.77. The van der Waals surface area contributed by atoms with Gasteiger partial charge in [0.15, 0.2) is 0 Å². The Labute approximate surface area is 161 Å². The van der Waals surface area contributed by atoms with E-state index in [-0.39, 0.29) is 5.82 Å². The van der Waals surface area contributed by atoms with Crippen molar-refractivity contribution in [1.82, 2.24) is 9.80 Å². The van der Waals surface area contributed by atoms with Gasteiger partial charge in [-0.3, -0.25) is 0 Å². The number of benzene rings is 2. The number of hydrogen-bond donors (Lipinski definition) is 1. The largest absolute Gasteiger partial charge is 0.353 e. The third-order valence-corrected chi connectivity index (χ3v) is 6.39. The van der Waals surface area contributed by atoms with Gasteiger partial charge >= 0.3 is 0 Å². The van der Waals surface area contributed by atoms with Crippen molar-refractivity contribution in [1.29, 1.82) is 0 Å². The van der Waals surface area contributed by atoms with Crippen molar-refractivity contribution in [3.63, 3.8) is 0 Å². The van der Waals surface area contributed by atoms with Crippen molar-refractivity contribution in [2.75, 3.05) is 38.5 Å². The van der Waals surface area contributed by atoms with Crippen LogP contribution in [-0.2, 0) is 0 Å². The van der Waals surface area contributed by atoms with E-state index in [0.717, 1.165) is 54.0 Å². The lowest BCUT2D eigenvalue weighted by atomic mass is 10.1. The number of halogens is 1. The average molecular weight is 380 g/mol. The van der Waals surface area contributed by atoms with Gasteiger partial charge in [-0.25, -0.2) is 9.38 Å². The number of piperazine rings is 1. The molecule has 0 radical (unpaired) electrons. The number of fused-ring (bicyclic) bond motifs is 4. The number of hydrogen-bond acceptors (Lipinski definition) is 5. The van der Waals surface area contributed by atoms with Gasteiger partial charge in [-0.15, -0.1) is 11.3 Å². The molecule has 27 heavy (non-hydrogen) atoms. The van der Waals surface area contributed by atoms with E-state index in [1.54, 1.807) is 17.4 Å². The zero-order valence-corrected chi connectivity index (χ0v) is 16.2. The number of nitrogens with one attached hydrogen (secondary N) is 1. The zero-order chi connectivity index (χ0) is 18.5. The number of thiophene rings is 1. The molecule has 1 N–H and O–H groups in total. The van der Waals surface area contributed by atoms with Crippen LogP contribution in [0.4, 0.5) is 20.8 Å². The highest BCUT2D eigenvalue weighted by Gasteiger charge is 2.27. The summed E-state index contributed by atoms with van der Waals surface area (Å²) in [6.45, 7) is 6.02. The van der Waals surface area contributed by atoms with Crippen LogP contribution in [0.3, 0.4) is 0 Å². The van der Waals surface area contributed by atoms with Crippen molar-refractivity contribution < 1.29 is 4.39 Å². The van der Waals surface area contributed by atoms with Crippen LogP contribution in [0.25, 0.3) is 10.1 Å². The molecule has 3 heterocycles. The maximum Gasteiger partial charge on any atom is 0.140 e. The van der Waals surface area contributed by atoms with E-state index >= 15 is 0 Å². The monoisotopic (exact) mass is 380 g/mol. The Kier molecular flexibility index (Phi) is 3.91. The second-order valence-electron chi connectivity index (χ2n) is 7.32. The van der Waals surface area contributed by atoms with Crippen molar-refractivity contribution in [2.45, 2.75) is 6.92 Å².